The first-order chi connectivity index (χ1) is 16.9. The van der Waals surface area contributed by atoms with Crippen LogP contribution in [0.25, 0.3) is 6.08 Å². The van der Waals surface area contributed by atoms with Crippen LogP contribution in [0.5, 0.6) is 11.5 Å². The van der Waals surface area contributed by atoms with Gasteiger partial charge >= 0.3 is 0 Å². The lowest BCUT2D eigenvalue weighted by Crippen LogP contribution is -2.20. The average Bonchev–Trinajstić information content (AvgIpc) is 2.83. The second-order valence-corrected chi connectivity index (χ2v) is 7.86. The summed E-state index contributed by atoms with van der Waals surface area (Å²) in [5, 5.41) is 15.3. The van der Waals surface area contributed by atoms with Crippen molar-refractivity contribution in [2.45, 2.75) is 13.8 Å². The molecule has 3 aromatic carbocycles. The summed E-state index contributed by atoms with van der Waals surface area (Å²) in [7, 11) is 0. The zero-order valence-electron chi connectivity index (χ0n) is 19.3. The highest BCUT2D eigenvalue weighted by Gasteiger charge is 2.13. The van der Waals surface area contributed by atoms with Gasteiger partial charge in [0.1, 0.15) is 11.6 Å². The second-order valence-electron chi connectivity index (χ2n) is 7.45. The van der Waals surface area contributed by atoms with Crippen molar-refractivity contribution in [2.75, 3.05) is 23.8 Å². The molecule has 0 aliphatic carbocycles. The highest BCUT2D eigenvalue weighted by Crippen LogP contribution is 2.30. The standard InChI is InChI=1S/C27H24ClN3O4/c1-3-34-25-15-19(14-20(16-29)27(33)30-21-8-6-7-18(2)13-21)11-12-24(25)35-17-26(32)31-23-10-5-4-9-22(23)28/h4-15H,3,17H2,1-2H3,(H,30,33)(H,31,32)/b20-14+. The maximum atomic E-state index is 12.6. The molecule has 0 bridgehead atoms. The second kappa shape index (κ2) is 12.3. The number of ether oxygens (including phenoxy) is 2. The molecule has 7 nitrogen and oxygen atoms in total. The molecule has 0 radical (unpaired) electrons. The van der Waals surface area contributed by atoms with E-state index >= 15 is 0 Å². The number of aryl methyl sites for hydroxylation is 1. The molecule has 0 atom stereocenters. The summed E-state index contributed by atoms with van der Waals surface area (Å²) in [6, 6.07) is 21.1. The lowest BCUT2D eigenvalue weighted by molar-refractivity contribution is -0.118. The summed E-state index contributed by atoms with van der Waals surface area (Å²) in [5.41, 5.74) is 2.58. The molecule has 0 aliphatic heterocycles. The van der Waals surface area contributed by atoms with Crippen molar-refractivity contribution in [3.8, 4) is 17.6 Å². The van der Waals surface area contributed by atoms with Crippen molar-refractivity contribution < 1.29 is 19.1 Å². The predicted molar refractivity (Wildman–Crippen MR) is 137 cm³/mol. The first-order valence-electron chi connectivity index (χ1n) is 10.8. The van der Waals surface area contributed by atoms with Gasteiger partial charge in [0.15, 0.2) is 18.1 Å². The van der Waals surface area contributed by atoms with Crippen LogP contribution in [-0.4, -0.2) is 25.0 Å². The molecule has 35 heavy (non-hydrogen) atoms. The van der Waals surface area contributed by atoms with E-state index in [2.05, 4.69) is 10.6 Å². The number of para-hydroxylation sites is 1. The van der Waals surface area contributed by atoms with Crippen LogP contribution in [0.1, 0.15) is 18.1 Å². The third-order valence-electron chi connectivity index (χ3n) is 4.73. The Morgan fingerprint density at radius 3 is 2.51 bits per heavy atom. The van der Waals surface area contributed by atoms with Gasteiger partial charge in [-0.05, 0) is 67.4 Å². The Labute approximate surface area is 208 Å². The third kappa shape index (κ3) is 7.36. The summed E-state index contributed by atoms with van der Waals surface area (Å²) >= 11 is 6.06. The molecule has 2 N–H and O–H groups in total. The molecule has 0 saturated carbocycles. The van der Waals surface area contributed by atoms with Gasteiger partial charge in [-0.1, -0.05) is 41.9 Å². The van der Waals surface area contributed by atoms with Crippen molar-refractivity contribution >= 4 is 40.9 Å². The minimum atomic E-state index is -0.521. The monoisotopic (exact) mass is 489 g/mol. The van der Waals surface area contributed by atoms with E-state index in [-0.39, 0.29) is 18.1 Å². The van der Waals surface area contributed by atoms with Gasteiger partial charge < -0.3 is 20.1 Å². The third-order valence-corrected chi connectivity index (χ3v) is 5.06. The van der Waals surface area contributed by atoms with Crippen molar-refractivity contribution in [1.82, 2.24) is 0 Å². The van der Waals surface area contributed by atoms with E-state index in [1.165, 1.54) is 6.08 Å². The van der Waals surface area contributed by atoms with E-state index in [0.29, 0.717) is 40.1 Å². The van der Waals surface area contributed by atoms with Gasteiger partial charge in [-0.15, -0.1) is 0 Å². The normalized spacial score (nSPS) is 10.7. The van der Waals surface area contributed by atoms with Crippen LogP contribution in [0.2, 0.25) is 5.02 Å². The molecule has 0 aliphatic rings. The van der Waals surface area contributed by atoms with Crippen LogP contribution < -0.4 is 20.1 Å². The SMILES string of the molecule is CCOc1cc(/C=C(\C#N)C(=O)Nc2cccc(C)c2)ccc1OCC(=O)Nc1ccccc1Cl. The first-order valence-corrected chi connectivity index (χ1v) is 11.2. The molecule has 8 heteroatoms. The molecule has 0 saturated heterocycles. The molecule has 2 amide bonds. The summed E-state index contributed by atoms with van der Waals surface area (Å²) < 4.78 is 11.3. The van der Waals surface area contributed by atoms with Gasteiger partial charge in [-0.25, -0.2) is 0 Å². The van der Waals surface area contributed by atoms with Gasteiger partial charge in [0.05, 0.1) is 17.3 Å². The molecule has 178 valence electrons. The number of benzene rings is 3. The number of nitrogens with zero attached hydrogens (tertiary/aromatic N) is 1. The molecular formula is C27H24ClN3O4. The Kier molecular flexibility index (Phi) is 8.88. The lowest BCUT2D eigenvalue weighted by atomic mass is 10.1. The fourth-order valence-electron chi connectivity index (χ4n) is 3.13. The highest BCUT2D eigenvalue weighted by atomic mass is 35.5. The Morgan fingerprint density at radius 1 is 1.00 bits per heavy atom. The predicted octanol–water partition coefficient (Wildman–Crippen LogP) is 5.61. The van der Waals surface area contributed by atoms with Crippen LogP contribution in [0.3, 0.4) is 0 Å². The zero-order valence-corrected chi connectivity index (χ0v) is 20.1. The van der Waals surface area contributed by atoms with Gasteiger partial charge in [0.2, 0.25) is 0 Å². The Morgan fingerprint density at radius 2 is 1.80 bits per heavy atom. The molecule has 0 unspecified atom stereocenters. The van der Waals surface area contributed by atoms with Crippen LogP contribution in [0.4, 0.5) is 11.4 Å². The van der Waals surface area contributed by atoms with E-state index < -0.39 is 5.91 Å². The van der Waals surface area contributed by atoms with Crippen LogP contribution >= 0.6 is 11.6 Å². The Bertz CT molecular complexity index is 1300. The van der Waals surface area contributed by atoms with Gasteiger partial charge in [0, 0.05) is 5.69 Å². The lowest BCUT2D eigenvalue weighted by Gasteiger charge is -2.13. The number of halogens is 1. The van der Waals surface area contributed by atoms with Crippen LogP contribution in [-0.2, 0) is 9.59 Å². The number of nitriles is 1. The van der Waals surface area contributed by atoms with E-state index in [9.17, 15) is 14.9 Å². The van der Waals surface area contributed by atoms with Crippen molar-refractivity contribution in [3.05, 3.63) is 88.5 Å². The van der Waals surface area contributed by atoms with Crippen molar-refractivity contribution in [2.24, 2.45) is 0 Å². The number of nitrogens with one attached hydrogen (secondary N) is 2. The number of hydrogen-bond donors (Lipinski definition) is 2. The minimum absolute atomic E-state index is 0.0678. The van der Waals surface area contributed by atoms with E-state index in [0.717, 1.165) is 5.56 Å². The number of rotatable bonds is 9. The largest absolute Gasteiger partial charge is 0.490 e. The maximum absolute atomic E-state index is 12.6. The summed E-state index contributed by atoms with van der Waals surface area (Å²) in [6.07, 6.45) is 1.46. The van der Waals surface area contributed by atoms with E-state index in [4.69, 9.17) is 21.1 Å². The van der Waals surface area contributed by atoms with Crippen molar-refractivity contribution in [1.29, 1.82) is 5.26 Å². The van der Waals surface area contributed by atoms with Crippen LogP contribution in [0.15, 0.2) is 72.3 Å². The summed E-state index contributed by atoms with van der Waals surface area (Å²) in [5.74, 6) is -0.180. The fourth-order valence-corrected chi connectivity index (χ4v) is 3.31. The van der Waals surface area contributed by atoms with Gasteiger partial charge in [-0.2, -0.15) is 5.26 Å². The summed E-state index contributed by atoms with van der Waals surface area (Å²) in [6.45, 7) is 3.82. The molecule has 0 heterocycles. The smallest absolute Gasteiger partial charge is 0.266 e. The highest BCUT2D eigenvalue weighted by molar-refractivity contribution is 6.33. The molecule has 0 fully saturated rings. The van der Waals surface area contributed by atoms with Gasteiger partial charge in [0.25, 0.3) is 11.8 Å². The molecule has 3 aromatic rings. The van der Waals surface area contributed by atoms with E-state index in [1.54, 1.807) is 48.5 Å². The van der Waals surface area contributed by atoms with E-state index in [1.807, 2.05) is 38.1 Å². The van der Waals surface area contributed by atoms with Crippen molar-refractivity contribution in [3.63, 3.8) is 0 Å². The molecular weight excluding hydrogens is 466 g/mol. The average molecular weight is 490 g/mol. The Hall–Kier alpha value is -4.28. The molecule has 0 aromatic heterocycles. The maximum Gasteiger partial charge on any atom is 0.266 e. The minimum Gasteiger partial charge on any atom is -0.490 e. The number of anilines is 2. The number of hydrogen-bond acceptors (Lipinski definition) is 5. The Balaban J connectivity index is 1.72. The number of amides is 2. The summed E-state index contributed by atoms with van der Waals surface area (Å²) in [4.78, 5) is 24.9. The molecule has 0 spiro atoms. The first kappa shape index (κ1) is 25.3. The molecule has 3 rings (SSSR count). The fraction of sp³-hybridized carbons (Fsp3) is 0.148. The quantitative estimate of drug-likeness (QED) is 0.300. The zero-order chi connectivity index (χ0) is 25.2. The topological polar surface area (TPSA) is 100 Å². The van der Waals surface area contributed by atoms with Crippen LogP contribution in [0, 0.1) is 18.3 Å². The number of carbonyl (C=O) groups is 2. The number of carbonyl (C=O) groups excluding carboxylic acids is 2. The van der Waals surface area contributed by atoms with Gasteiger partial charge in [-0.3, -0.25) is 9.59 Å².